The van der Waals surface area contributed by atoms with Gasteiger partial charge < -0.3 is 4.74 Å². The lowest BCUT2D eigenvalue weighted by atomic mass is 10.1. The van der Waals surface area contributed by atoms with Crippen LogP contribution in [0.4, 0.5) is 0 Å². The van der Waals surface area contributed by atoms with Gasteiger partial charge >= 0.3 is 5.97 Å². The number of carbonyl (C=O) groups excluding carboxylic acids is 1. The quantitative estimate of drug-likeness (QED) is 0.418. The molecule has 0 aliphatic carbocycles. The Labute approximate surface area is 113 Å². The average Bonchev–Trinajstić information content (AvgIpc) is 2.35. The van der Waals surface area contributed by atoms with E-state index >= 15 is 0 Å². The molecule has 3 nitrogen and oxygen atoms in total. The molecule has 0 fully saturated rings. The third-order valence-corrected chi connectivity index (χ3v) is 3.34. The van der Waals surface area contributed by atoms with Crippen molar-refractivity contribution in [2.75, 3.05) is 20.2 Å². The smallest absolute Gasteiger partial charge is 0.319 e. The second-order valence-corrected chi connectivity index (χ2v) is 5.26. The van der Waals surface area contributed by atoms with E-state index in [1.807, 2.05) is 0 Å². The standard InChI is InChI=1S/C15H31NO2/c1-5-6-7-8-9-10-11-12-16(14(2)3)13-15(17)18-4/h14H,5-13H2,1-4H3. The summed E-state index contributed by atoms with van der Waals surface area (Å²) in [6, 6.07) is 0.407. The Morgan fingerprint density at radius 3 is 2.11 bits per heavy atom. The van der Waals surface area contributed by atoms with E-state index in [-0.39, 0.29) is 5.97 Å². The topological polar surface area (TPSA) is 29.5 Å². The third-order valence-electron chi connectivity index (χ3n) is 3.34. The molecule has 108 valence electrons. The number of carbonyl (C=O) groups is 1. The van der Waals surface area contributed by atoms with Crippen molar-refractivity contribution >= 4 is 5.97 Å². The van der Waals surface area contributed by atoms with E-state index in [1.165, 1.54) is 52.1 Å². The third kappa shape index (κ3) is 9.46. The van der Waals surface area contributed by atoms with Crippen molar-refractivity contribution in [3.63, 3.8) is 0 Å². The zero-order chi connectivity index (χ0) is 13.8. The van der Waals surface area contributed by atoms with Gasteiger partial charge in [-0.15, -0.1) is 0 Å². The van der Waals surface area contributed by atoms with E-state index in [0.717, 1.165) is 6.54 Å². The Bertz CT molecular complexity index is 205. The number of hydrogen-bond donors (Lipinski definition) is 0. The van der Waals surface area contributed by atoms with Gasteiger partial charge in [-0.2, -0.15) is 0 Å². The summed E-state index contributed by atoms with van der Waals surface area (Å²) in [5, 5.41) is 0. The normalized spacial score (nSPS) is 11.2. The fraction of sp³-hybridized carbons (Fsp3) is 0.933. The molecule has 0 saturated carbocycles. The zero-order valence-electron chi connectivity index (χ0n) is 12.7. The van der Waals surface area contributed by atoms with E-state index in [1.54, 1.807) is 0 Å². The summed E-state index contributed by atoms with van der Waals surface area (Å²) in [5.74, 6) is -0.133. The van der Waals surface area contributed by atoms with Gasteiger partial charge in [0.25, 0.3) is 0 Å². The molecule has 18 heavy (non-hydrogen) atoms. The van der Waals surface area contributed by atoms with Crippen LogP contribution in [0, 0.1) is 0 Å². The molecule has 0 N–H and O–H groups in total. The Balaban J connectivity index is 3.61. The van der Waals surface area contributed by atoms with Gasteiger partial charge in [-0.25, -0.2) is 0 Å². The molecule has 0 heterocycles. The SMILES string of the molecule is CCCCCCCCCN(CC(=O)OC)C(C)C. The highest BCUT2D eigenvalue weighted by molar-refractivity contribution is 5.71. The van der Waals surface area contributed by atoms with Crippen molar-refractivity contribution < 1.29 is 9.53 Å². The summed E-state index contributed by atoms with van der Waals surface area (Å²) >= 11 is 0. The van der Waals surface area contributed by atoms with Crippen LogP contribution in [0.1, 0.15) is 65.7 Å². The number of hydrogen-bond acceptors (Lipinski definition) is 3. The molecule has 0 radical (unpaired) electrons. The van der Waals surface area contributed by atoms with Gasteiger partial charge in [0.1, 0.15) is 0 Å². The largest absolute Gasteiger partial charge is 0.468 e. The van der Waals surface area contributed by atoms with Gasteiger partial charge in [0.05, 0.1) is 13.7 Å². The number of ether oxygens (including phenoxy) is 1. The minimum Gasteiger partial charge on any atom is -0.468 e. The van der Waals surface area contributed by atoms with Crippen LogP contribution in [0.2, 0.25) is 0 Å². The number of nitrogens with zero attached hydrogens (tertiary/aromatic N) is 1. The van der Waals surface area contributed by atoms with Gasteiger partial charge in [0.15, 0.2) is 0 Å². The van der Waals surface area contributed by atoms with E-state index < -0.39 is 0 Å². The van der Waals surface area contributed by atoms with Crippen molar-refractivity contribution in [1.29, 1.82) is 0 Å². The Morgan fingerprint density at radius 2 is 1.61 bits per heavy atom. The maximum absolute atomic E-state index is 11.3. The van der Waals surface area contributed by atoms with E-state index in [9.17, 15) is 4.79 Å². The highest BCUT2D eigenvalue weighted by atomic mass is 16.5. The highest BCUT2D eigenvalue weighted by Crippen LogP contribution is 2.08. The second kappa shape index (κ2) is 11.5. The summed E-state index contributed by atoms with van der Waals surface area (Å²) in [4.78, 5) is 13.5. The van der Waals surface area contributed by atoms with Crippen LogP contribution in [-0.4, -0.2) is 37.1 Å². The molecule has 0 atom stereocenters. The lowest BCUT2D eigenvalue weighted by molar-refractivity contribution is -0.142. The zero-order valence-corrected chi connectivity index (χ0v) is 12.7. The van der Waals surface area contributed by atoms with Crippen molar-refractivity contribution in [3.8, 4) is 0 Å². The summed E-state index contributed by atoms with van der Waals surface area (Å²) in [7, 11) is 1.45. The molecular weight excluding hydrogens is 226 g/mol. The Morgan fingerprint density at radius 1 is 1.06 bits per heavy atom. The van der Waals surface area contributed by atoms with Crippen LogP contribution < -0.4 is 0 Å². The molecule has 3 heteroatoms. The minimum absolute atomic E-state index is 0.133. The van der Waals surface area contributed by atoms with Gasteiger partial charge in [0.2, 0.25) is 0 Å². The molecule has 0 saturated heterocycles. The molecule has 0 bridgehead atoms. The Hall–Kier alpha value is -0.570. The van der Waals surface area contributed by atoms with Crippen molar-refractivity contribution in [2.45, 2.75) is 71.8 Å². The van der Waals surface area contributed by atoms with Gasteiger partial charge in [-0.05, 0) is 26.8 Å². The van der Waals surface area contributed by atoms with Crippen molar-refractivity contribution in [2.24, 2.45) is 0 Å². The predicted molar refractivity (Wildman–Crippen MR) is 76.7 cm³/mol. The first-order valence-corrected chi connectivity index (χ1v) is 7.42. The molecule has 0 aliphatic rings. The molecule has 0 spiro atoms. The number of unbranched alkanes of at least 4 members (excludes halogenated alkanes) is 6. The minimum atomic E-state index is -0.133. The van der Waals surface area contributed by atoms with E-state index in [2.05, 4.69) is 25.7 Å². The van der Waals surface area contributed by atoms with E-state index in [0.29, 0.717) is 12.6 Å². The van der Waals surface area contributed by atoms with Crippen molar-refractivity contribution in [1.82, 2.24) is 4.90 Å². The summed E-state index contributed by atoms with van der Waals surface area (Å²) in [5.41, 5.74) is 0. The summed E-state index contributed by atoms with van der Waals surface area (Å²) in [6.07, 6.45) is 9.17. The molecular formula is C15H31NO2. The summed E-state index contributed by atoms with van der Waals surface area (Å²) < 4.78 is 4.72. The average molecular weight is 257 g/mol. The first-order chi connectivity index (χ1) is 8.61. The van der Waals surface area contributed by atoms with Gasteiger partial charge in [0, 0.05) is 6.04 Å². The number of esters is 1. The number of rotatable bonds is 11. The maximum atomic E-state index is 11.3. The predicted octanol–water partition coefficient (Wildman–Crippen LogP) is 3.62. The van der Waals surface area contributed by atoms with Crippen molar-refractivity contribution in [3.05, 3.63) is 0 Å². The van der Waals surface area contributed by atoms with Gasteiger partial charge in [-0.3, -0.25) is 9.69 Å². The molecule has 0 unspecified atom stereocenters. The maximum Gasteiger partial charge on any atom is 0.319 e. The lowest BCUT2D eigenvalue weighted by Gasteiger charge is -2.24. The highest BCUT2D eigenvalue weighted by Gasteiger charge is 2.13. The monoisotopic (exact) mass is 257 g/mol. The molecule has 0 aromatic rings. The van der Waals surface area contributed by atoms with Crippen LogP contribution in [0.15, 0.2) is 0 Å². The first kappa shape index (κ1) is 17.4. The van der Waals surface area contributed by atoms with Crippen LogP contribution in [-0.2, 0) is 9.53 Å². The molecule has 0 rings (SSSR count). The molecule has 0 amide bonds. The number of methoxy groups -OCH3 is 1. The molecule has 0 aromatic heterocycles. The van der Waals surface area contributed by atoms with Crippen LogP contribution in [0.5, 0.6) is 0 Å². The first-order valence-electron chi connectivity index (χ1n) is 7.42. The summed E-state index contributed by atoms with van der Waals surface area (Å²) in [6.45, 7) is 7.92. The van der Waals surface area contributed by atoms with Crippen LogP contribution in [0.3, 0.4) is 0 Å². The Kier molecular flexibility index (Phi) is 11.2. The van der Waals surface area contributed by atoms with Crippen LogP contribution >= 0.6 is 0 Å². The fourth-order valence-corrected chi connectivity index (χ4v) is 2.02. The fourth-order valence-electron chi connectivity index (χ4n) is 2.02. The molecule has 0 aliphatic heterocycles. The van der Waals surface area contributed by atoms with Crippen LogP contribution in [0.25, 0.3) is 0 Å². The van der Waals surface area contributed by atoms with E-state index in [4.69, 9.17) is 4.74 Å². The van der Waals surface area contributed by atoms with Gasteiger partial charge in [-0.1, -0.05) is 45.4 Å². The molecule has 0 aromatic carbocycles. The second-order valence-electron chi connectivity index (χ2n) is 5.26. The lowest BCUT2D eigenvalue weighted by Crippen LogP contribution is -2.36.